The molecule has 0 radical (unpaired) electrons. The lowest BCUT2D eigenvalue weighted by atomic mass is 10.1. The Bertz CT molecular complexity index is 807. The van der Waals surface area contributed by atoms with Gasteiger partial charge in [-0.15, -0.1) is 0 Å². The first-order chi connectivity index (χ1) is 11.3. The van der Waals surface area contributed by atoms with Crippen molar-refractivity contribution in [2.24, 2.45) is 5.92 Å². The third-order valence-corrected chi connectivity index (χ3v) is 4.46. The van der Waals surface area contributed by atoms with Gasteiger partial charge in [0.25, 0.3) is 0 Å². The molecule has 1 aliphatic rings. The first-order valence-corrected chi connectivity index (χ1v) is 8.01. The molecule has 0 spiro atoms. The predicted molar refractivity (Wildman–Crippen MR) is 91.5 cm³/mol. The van der Waals surface area contributed by atoms with Crippen LogP contribution in [0.4, 0.5) is 5.82 Å². The van der Waals surface area contributed by atoms with Crippen molar-refractivity contribution in [2.45, 2.75) is 6.42 Å². The van der Waals surface area contributed by atoms with Gasteiger partial charge in [0.15, 0.2) is 0 Å². The number of rotatable bonds is 4. The van der Waals surface area contributed by atoms with E-state index in [1.54, 1.807) is 12.5 Å². The van der Waals surface area contributed by atoms with Crippen LogP contribution in [0.25, 0.3) is 22.2 Å². The van der Waals surface area contributed by atoms with Gasteiger partial charge in [0.1, 0.15) is 11.4 Å². The molecule has 4 rings (SSSR count). The molecule has 1 aliphatic heterocycles. The molecule has 23 heavy (non-hydrogen) atoms. The molecule has 1 unspecified atom stereocenters. The predicted octanol–water partition coefficient (Wildman–Crippen LogP) is 2.94. The molecular formula is C18H20N4O. The number of furan rings is 1. The lowest BCUT2D eigenvalue weighted by molar-refractivity contribution is 0.575. The number of nitrogens with zero attached hydrogens (tertiary/aromatic N) is 3. The second-order valence-electron chi connectivity index (χ2n) is 6.18. The highest BCUT2D eigenvalue weighted by Crippen LogP contribution is 2.25. The Hall–Kier alpha value is -2.40. The zero-order chi connectivity index (χ0) is 15.6. The van der Waals surface area contributed by atoms with Crippen LogP contribution in [0.15, 0.2) is 47.3 Å². The first-order valence-electron chi connectivity index (χ1n) is 8.01. The molecule has 0 aliphatic carbocycles. The maximum Gasteiger partial charge on any atom is 0.147 e. The van der Waals surface area contributed by atoms with Gasteiger partial charge < -0.3 is 14.6 Å². The van der Waals surface area contributed by atoms with Crippen molar-refractivity contribution >= 4 is 16.8 Å². The van der Waals surface area contributed by atoms with Crippen LogP contribution in [-0.2, 0) is 0 Å². The molecular weight excluding hydrogens is 288 g/mol. The minimum absolute atomic E-state index is 0.685. The quantitative estimate of drug-likeness (QED) is 0.803. The summed E-state index contributed by atoms with van der Waals surface area (Å²) in [6.07, 6.45) is 6.57. The number of anilines is 1. The fourth-order valence-electron chi connectivity index (χ4n) is 3.14. The van der Waals surface area contributed by atoms with E-state index in [0.717, 1.165) is 47.7 Å². The van der Waals surface area contributed by atoms with E-state index in [2.05, 4.69) is 34.4 Å². The van der Waals surface area contributed by atoms with Crippen molar-refractivity contribution < 1.29 is 4.42 Å². The summed E-state index contributed by atoms with van der Waals surface area (Å²) in [7, 11) is 2.09. The summed E-state index contributed by atoms with van der Waals surface area (Å²) in [6, 6.07) is 8.09. The number of hydrogen-bond donors (Lipinski definition) is 1. The second kappa shape index (κ2) is 6.01. The van der Waals surface area contributed by atoms with Crippen molar-refractivity contribution in [1.82, 2.24) is 15.3 Å². The molecule has 0 amide bonds. The van der Waals surface area contributed by atoms with Gasteiger partial charge in [-0.25, -0.2) is 4.98 Å². The topological polar surface area (TPSA) is 54.2 Å². The smallest absolute Gasteiger partial charge is 0.147 e. The first kappa shape index (κ1) is 14.2. The van der Waals surface area contributed by atoms with Gasteiger partial charge in [-0.05, 0) is 37.6 Å². The Morgan fingerprint density at radius 3 is 3.13 bits per heavy atom. The number of aromatic nitrogens is 2. The van der Waals surface area contributed by atoms with Gasteiger partial charge >= 0.3 is 0 Å². The Morgan fingerprint density at radius 1 is 1.30 bits per heavy atom. The van der Waals surface area contributed by atoms with Gasteiger partial charge in [0.2, 0.25) is 0 Å². The standard InChI is InChI=1S/C18H20N4O/c1-22(12-13-4-6-19-9-13)18-11-20-10-16(21-18)15-3-2-14-5-7-23-17(14)8-15/h2-3,5,7-8,10-11,13,19H,4,6,9,12H2,1H3. The summed E-state index contributed by atoms with van der Waals surface area (Å²) in [6.45, 7) is 3.21. The van der Waals surface area contributed by atoms with Crippen molar-refractivity contribution in [3.8, 4) is 11.3 Å². The molecule has 3 heterocycles. The van der Waals surface area contributed by atoms with E-state index in [-0.39, 0.29) is 0 Å². The molecule has 0 saturated carbocycles. The largest absolute Gasteiger partial charge is 0.464 e. The molecule has 1 N–H and O–H groups in total. The van der Waals surface area contributed by atoms with Crippen molar-refractivity contribution in [1.29, 1.82) is 0 Å². The van der Waals surface area contributed by atoms with Gasteiger partial charge in [0, 0.05) is 24.5 Å². The van der Waals surface area contributed by atoms with Crippen LogP contribution in [0.5, 0.6) is 0 Å². The SMILES string of the molecule is CN(CC1CCNC1)c1cncc(-c2ccc3ccoc3c2)n1. The fraction of sp³-hybridized carbons (Fsp3) is 0.333. The maximum absolute atomic E-state index is 5.48. The minimum Gasteiger partial charge on any atom is -0.464 e. The Morgan fingerprint density at radius 2 is 2.26 bits per heavy atom. The normalized spacial score (nSPS) is 17.7. The highest BCUT2D eigenvalue weighted by Gasteiger charge is 2.17. The van der Waals surface area contributed by atoms with Crippen LogP contribution in [0, 0.1) is 5.92 Å². The monoisotopic (exact) mass is 308 g/mol. The van der Waals surface area contributed by atoms with Crippen LogP contribution in [0.1, 0.15) is 6.42 Å². The van der Waals surface area contributed by atoms with Crippen molar-refractivity contribution in [3.63, 3.8) is 0 Å². The van der Waals surface area contributed by atoms with Gasteiger partial charge in [-0.2, -0.15) is 0 Å². The average Bonchev–Trinajstić information content (AvgIpc) is 3.25. The van der Waals surface area contributed by atoms with Crippen LogP contribution < -0.4 is 10.2 Å². The summed E-state index contributed by atoms with van der Waals surface area (Å²) in [5.74, 6) is 1.60. The summed E-state index contributed by atoms with van der Waals surface area (Å²) >= 11 is 0. The molecule has 1 fully saturated rings. The number of hydrogen-bond acceptors (Lipinski definition) is 5. The third kappa shape index (κ3) is 2.92. The van der Waals surface area contributed by atoms with Crippen LogP contribution >= 0.6 is 0 Å². The minimum atomic E-state index is 0.685. The number of benzene rings is 1. The van der Waals surface area contributed by atoms with E-state index in [9.17, 15) is 0 Å². The summed E-state index contributed by atoms with van der Waals surface area (Å²) in [5, 5.41) is 4.51. The summed E-state index contributed by atoms with van der Waals surface area (Å²) in [5.41, 5.74) is 2.77. The Kier molecular flexibility index (Phi) is 3.71. The molecule has 1 atom stereocenters. The fourth-order valence-corrected chi connectivity index (χ4v) is 3.14. The highest BCUT2D eigenvalue weighted by atomic mass is 16.3. The molecule has 3 aromatic rings. The lowest BCUT2D eigenvalue weighted by Gasteiger charge is -2.21. The second-order valence-corrected chi connectivity index (χ2v) is 6.18. The van der Waals surface area contributed by atoms with Crippen molar-refractivity contribution in [2.75, 3.05) is 31.6 Å². The van der Waals surface area contributed by atoms with E-state index in [1.165, 1.54) is 6.42 Å². The summed E-state index contributed by atoms with van der Waals surface area (Å²) < 4.78 is 5.48. The maximum atomic E-state index is 5.48. The molecule has 118 valence electrons. The highest BCUT2D eigenvalue weighted by molar-refractivity contribution is 5.82. The molecule has 1 aromatic carbocycles. The zero-order valence-corrected chi connectivity index (χ0v) is 13.2. The van der Waals surface area contributed by atoms with E-state index in [4.69, 9.17) is 9.40 Å². The van der Waals surface area contributed by atoms with Crippen LogP contribution in [0.3, 0.4) is 0 Å². The van der Waals surface area contributed by atoms with E-state index in [0.29, 0.717) is 5.92 Å². The lowest BCUT2D eigenvalue weighted by Crippen LogP contribution is -2.27. The molecule has 0 bridgehead atoms. The molecule has 5 nitrogen and oxygen atoms in total. The average molecular weight is 308 g/mol. The van der Waals surface area contributed by atoms with Gasteiger partial charge in [-0.1, -0.05) is 12.1 Å². The van der Waals surface area contributed by atoms with Crippen molar-refractivity contribution in [3.05, 3.63) is 42.9 Å². The van der Waals surface area contributed by atoms with E-state index in [1.807, 2.05) is 18.3 Å². The van der Waals surface area contributed by atoms with Gasteiger partial charge in [0.05, 0.1) is 24.4 Å². The molecule has 2 aromatic heterocycles. The Labute approximate surface area is 135 Å². The molecule has 5 heteroatoms. The van der Waals surface area contributed by atoms with Gasteiger partial charge in [-0.3, -0.25) is 4.98 Å². The number of fused-ring (bicyclic) bond motifs is 1. The molecule has 1 saturated heterocycles. The van der Waals surface area contributed by atoms with E-state index >= 15 is 0 Å². The third-order valence-electron chi connectivity index (χ3n) is 4.46. The Balaban J connectivity index is 1.59. The summed E-state index contributed by atoms with van der Waals surface area (Å²) in [4.78, 5) is 11.3. The van der Waals surface area contributed by atoms with Crippen LogP contribution in [-0.4, -0.2) is 36.6 Å². The zero-order valence-electron chi connectivity index (χ0n) is 13.2. The number of nitrogens with one attached hydrogen (secondary N) is 1. The van der Waals surface area contributed by atoms with Crippen LogP contribution in [0.2, 0.25) is 0 Å². The van der Waals surface area contributed by atoms with E-state index < -0.39 is 0 Å².